The molecule has 21 heavy (non-hydrogen) atoms. The number of anilines is 2. The number of amides is 1. The van der Waals surface area contributed by atoms with Crippen molar-refractivity contribution in [1.29, 1.82) is 0 Å². The quantitative estimate of drug-likeness (QED) is 0.815. The van der Waals surface area contributed by atoms with Crippen LogP contribution in [-0.4, -0.2) is 38.8 Å². The van der Waals surface area contributed by atoms with Gasteiger partial charge in [-0.2, -0.15) is 0 Å². The van der Waals surface area contributed by atoms with Gasteiger partial charge in [-0.3, -0.25) is 4.79 Å². The second-order valence-electron chi connectivity index (χ2n) is 5.51. The molecule has 116 valence electrons. The van der Waals surface area contributed by atoms with Crippen molar-refractivity contribution in [3.05, 3.63) is 23.8 Å². The van der Waals surface area contributed by atoms with Crippen LogP contribution in [0.1, 0.15) is 36.5 Å². The van der Waals surface area contributed by atoms with Crippen LogP contribution in [0.25, 0.3) is 0 Å². The third-order valence-electron chi connectivity index (χ3n) is 3.77. The van der Waals surface area contributed by atoms with E-state index >= 15 is 0 Å². The van der Waals surface area contributed by atoms with Crippen LogP contribution in [0.2, 0.25) is 0 Å². The van der Waals surface area contributed by atoms with Crippen LogP contribution in [0.15, 0.2) is 18.2 Å². The van der Waals surface area contributed by atoms with Gasteiger partial charge in [-0.1, -0.05) is 0 Å². The van der Waals surface area contributed by atoms with Gasteiger partial charge < -0.3 is 20.7 Å². The number of nitrogens with two attached hydrogens (primary N) is 1. The minimum Gasteiger partial charge on any atom is -0.399 e. The Bertz CT molecular complexity index is 484. The van der Waals surface area contributed by atoms with Crippen LogP contribution in [0.4, 0.5) is 11.4 Å². The van der Waals surface area contributed by atoms with E-state index in [1.165, 1.54) is 6.42 Å². The van der Waals surface area contributed by atoms with Crippen LogP contribution in [0.5, 0.6) is 0 Å². The van der Waals surface area contributed by atoms with Gasteiger partial charge in [0.25, 0.3) is 5.91 Å². The average molecular weight is 291 g/mol. The predicted molar refractivity (Wildman–Crippen MR) is 85.7 cm³/mol. The van der Waals surface area contributed by atoms with E-state index in [2.05, 4.69) is 10.2 Å². The monoisotopic (exact) mass is 291 g/mol. The van der Waals surface area contributed by atoms with Gasteiger partial charge in [0.05, 0.1) is 17.4 Å². The summed E-state index contributed by atoms with van der Waals surface area (Å²) in [6.07, 6.45) is 3.65. The first kappa shape index (κ1) is 15.6. The van der Waals surface area contributed by atoms with Crippen LogP contribution in [-0.2, 0) is 4.74 Å². The first-order valence-electron chi connectivity index (χ1n) is 7.62. The molecule has 0 aliphatic carbocycles. The number of carbonyl (C=O) groups is 1. The van der Waals surface area contributed by atoms with Crippen LogP contribution < -0.4 is 16.0 Å². The van der Waals surface area contributed by atoms with Crippen molar-refractivity contribution in [3.8, 4) is 0 Å². The number of likely N-dealkylation sites (N-methyl/N-ethyl adjacent to an activating group) is 1. The summed E-state index contributed by atoms with van der Waals surface area (Å²) in [7, 11) is 1.98. The van der Waals surface area contributed by atoms with Gasteiger partial charge in [0.2, 0.25) is 0 Å². The summed E-state index contributed by atoms with van der Waals surface area (Å²) in [5, 5.41) is 2.84. The largest absolute Gasteiger partial charge is 0.399 e. The van der Waals surface area contributed by atoms with Crippen molar-refractivity contribution in [1.82, 2.24) is 5.32 Å². The lowest BCUT2D eigenvalue weighted by Crippen LogP contribution is -2.35. The van der Waals surface area contributed by atoms with Gasteiger partial charge in [-0.05, 0) is 44.4 Å². The minimum absolute atomic E-state index is 0.0658. The average Bonchev–Trinajstić information content (AvgIpc) is 2.48. The lowest BCUT2D eigenvalue weighted by atomic mass is 10.1. The zero-order valence-corrected chi connectivity index (χ0v) is 12.9. The van der Waals surface area contributed by atoms with E-state index < -0.39 is 0 Å². The minimum atomic E-state index is -0.0658. The molecule has 1 fully saturated rings. The lowest BCUT2D eigenvalue weighted by molar-refractivity contribution is 0.0216. The van der Waals surface area contributed by atoms with Crippen LogP contribution >= 0.6 is 0 Å². The highest BCUT2D eigenvalue weighted by atomic mass is 16.5. The van der Waals surface area contributed by atoms with E-state index in [0.29, 0.717) is 17.8 Å². The highest BCUT2D eigenvalue weighted by Crippen LogP contribution is 2.24. The highest BCUT2D eigenvalue weighted by molar-refractivity contribution is 6.00. The first-order valence-corrected chi connectivity index (χ1v) is 7.62. The first-order chi connectivity index (χ1) is 10.1. The highest BCUT2D eigenvalue weighted by Gasteiger charge is 2.19. The Hall–Kier alpha value is -1.75. The van der Waals surface area contributed by atoms with E-state index in [-0.39, 0.29) is 12.0 Å². The molecular weight excluding hydrogens is 266 g/mol. The molecule has 2 rings (SSSR count). The number of nitrogen functional groups attached to an aromatic ring is 1. The normalized spacial score (nSPS) is 18.3. The number of hydrogen-bond donors (Lipinski definition) is 2. The standard InChI is InChI=1S/C16H25N3O2/c1-3-18-16(20)14-8-7-12(17)10-15(14)19(2)11-13-6-4-5-9-21-13/h7-8,10,13H,3-6,9,11,17H2,1-2H3,(H,18,20). The van der Waals surface area contributed by atoms with Crippen molar-refractivity contribution in [2.45, 2.75) is 32.3 Å². The van der Waals surface area contributed by atoms with Crippen LogP contribution in [0.3, 0.4) is 0 Å². The molecule has 1 aromatic rings. The zero-order valence-electron chi connectivity index (χ0n) is 12.9. The van der Waals surface area contributed by atoms with Crippen molar-refractivity contribution >= 4 is 17.3 Å². The molecule has 1 heterocycles. The molecule has 1 aliphatic rings. The molecule has 1 amide bonds. The van der Waals surface area contributed by atoms with E-state index in [1.807, 2.05) is 20.0 Å². The smallest absolute Gasteiger partial charge is 0.253 e. The molecule has 1 aliphatic heterocycles. The Morgan fingerprint density at radius 1 is 1.48 bits per heavy atom. The van der Waals surface area contributed by atoms with E-state index in [4.69, 9.17) is 10.5 Å². The van der Waals surface area contributed by atoms with Crippen molar-refractivity contribution in [3.63, 3.8) is 0 Å². The number of ether oxygens (including phenoxy) is 1. The molecule has 5 heteroatoms. The number of hydrogen-bond acceptors (Lipinski definition) is 4. The Morgan fingerprint density at radius 3 is 2.95 bits per heavy atom. The summed E-state index contributed by atoms with van der Waals surface area (Å²) < 4.78 is 5.77. The maximum atomic E-state index is 12.2. The zero-order chi connectivity index (χ0) is 15.2. The van der Waals surface area contributed by atoms with Crippen molar-refractivity contribution < 1.29 is 9.53 Å². The Balaban J connectivity index is 2.15. The van der Waals surface area contributed by atoms with Crippen LogP contribution in [0, 0.1) is 0 Å². The molecule has 0 bridgehead atoms. The number of carbonyl (C=O) groups excluding carboxylic acids is 1. The molecule has 0 spiro atoms. The van der Waals surface area contributed by atoms with Gasteiger partial charge in [0.1, 0.15) is 0 Å². The summed E-state index contributed by atoms with van der Waals surface area (Å²) in [4.78, 5) is 14.2. The molecule has 3 N–H and O–H groups in total. The van der Waals surface area contributed by atoms with E-state index in [1.54, 1.807) is 12.1 Å². The molecular formula is C16H25N3O2. The number of benzene rings is 1. The van der Waals surface area contributed by atoms with Crippen molar-refractivity contribution in [2.24, 2.45) is 0 Å². The fourth-order valence-corrected chi connectivity index (χ4v) is 2.67. The summed E-state index contributed by atoms with van der Waals surface area (Å²) in [5.41, 5.74) is 8.06. The molecule has 1 unspecified atom stereocenters. The number of nitrogens with one attached hydrogen (secondary N) is 1. The maximum absolute atomic E-state index is 12.2. The fourth-order valence-electron chi connectivity index (χ4n) is 2.67. The number of nitrogens with zero attached hydrogens (tertiary/aromatic N) is 1. The Kier molecular flexibility index (Phi) is 5.44. The summed E-state index contributed by atoms with van der Waals surface area (Å²) in [5.74, 6) is -0.0658. The van der Waals surface area contributed by atoms with Crippen molar-refractivity contribution in [2.75, 3.05) is 37.4 Å². The molecule has 1 aromatic carbocycles. The summed E-state index contributed by atoms with van der Waals surface area (Å²) in [6.45, 7) is 4.13. The molecule has 0 aromatic heterocycles. The van der Waals surface area contributed by atoms with E-state index in [0.717, 1.165) is 31.7 Å². The van der Waals surface area contributed by atoms with E-state index in [9.17, 15) is 4.79 Å². The molecule has 5 nitrogen and oxygen atoms in total. The SMILES string of the molecule is CCNC(=O)c1ccc(N)cc1N(C)CC1CCCCO1. The Morgan fingerprint density at radius 2 is 2.29 bits per heavy atom. The predicted octanol–water partition coefficient (Wildman–Crippen LogP) is 2.02. The third kappa shape index (κ3) is 4.11. The summed E-state index contributed by atoms with van der Waals surface area (Å²) in [6, 6.07) is 5.40. The number of rotatable bonds is 5. The molecule has 1 saturated heterocycles. The van der Waals surface area contributed by atoms with Gasteiger partial charge in [-0.25, -0.2) is 0 Å². The lowest BCUT2D eigenvalue weighted by Gasteiger charge is -2.29. The Labute approximate surface area is 126 Å². The molecule has 1 atom stereocenters. The third-order valence-corrected chi connectivity index (χ3v) is 3.77. The van der Waals surface area contributed by atoms with Gasteiger partial charge in [-0.15, -0.1) is 0 Å². The topological polar surface area (TPSA) is 67.6 Å². The fraction of sp³-hybridized carbons (Fsp3) is 0.562. The van der Waals surface area contributed by atoms with Gasteiger partial charge in [0, 0.05) is 32.4 Å². The summed E-state index contributed by atoms with van der Waals surface area (Å²) >= 11 is 0. The second kappa shape index (κ2) is 7.31. The maximum Gasteiger partial charge on any atom is 0.253 e. The molecule has 0 saturated carbocycles. The second-order valence-corrected chi connectivity index (χ2v) is 5.51. The van der Waals surface area contributed by atoms with Gasteiger partial charge in [0.15, 0.2) is 0 Å². The molecule has 0 radical (unpaired) electrons. The van der Waals surface area contributed by atoms with Gasteiger partial charge >= 0.3 is 0 Å².